The van der Waals surface area contributed by atoms with Crippen molar-refractivity contribution in [3.8, 4) is 0 Å². The fourth-order valence-corrected chi connectivity index (χ4v) is 2.85. The Hall–Kier alpha value is -1.39. The van der Waals surface area contributed by atoms with E-state index in [9.17, 15) is 0 Å². The van der Waals surface area contributed by atoms with Gasteiger partial charge in [0.2, 0.25) is 0 Å². The van der Waals surface area contributed by atoms with Crippen molar-refractivity contribution < 1.29 is 4.90 Å². The Morgan fingerprint density at radius 3 is 2.85 bits per heavy atom. The van der Waals surface area contributed by atoms with Crippen LogP contribution in [0, 0.1) is 6.92 Å². The number of thiocarbonyl (C=S) groups is 1. The minimum absolute atomic E-state index is 0.745. The second-order valence-corrected chi connectivity index (χ2v) is 5.76. The molecule has 0 radical (unpaired) electrons. The van der Waals surface area contributed by atoms with E-state index in [4.69, 9.17) is 12.2 Å². The van der Waals surface area contributed by atoms with E-state index >= 15 is 0 Å². The second-order valence-electron chi connectivity index (χ2n) is 5.38. The van der Waals surface area contributed by atoms with Gasteiger partial charge in [-0.05, 0) is 19.1 Å². The van der Waals surface area contributed by atoms with Gasteiger partial charge < -0.3 is 15.1 Å². The van der Waals surface area contributed by atoms with E-state index in [0.29, 0.717) is 0 Å². The summed E-state index contributed by atoms with van der Waals surface area (Å²) in [6, 6.07) is 8.81. The van der Waals surface area contributed by atoms with E-state index in [-0.39, 0.29) is 0 Å². The number of benzene rings is 1. The average Bonchev–Trinajstić information content (AvgIpc) is 2.45. The molecule has 1 heterocycles. The molecular weight excluding hydrogens is 266 g/mol. The van der Waals surface area contributed by atoms with Crippen molar-refractivity contribution in [3.05, 3.63) is 48.0 Å². The maximum absolute atomic E-state index is 5.38. The Balaban J connectivity index is 1.79. The standard InChI is InChI=1S/C16H23N3S/c1-3-7-17-16(20)19-10-8-18(9-11-19)13-15-6-4-5-14(2)12-15/h3-6,12H,1,7-11,13H2,2H3,(H,17,20)/p+1. The Labute approximate surface area is 127 Å². The van der Waals surface area contributed by atoms with Gasteiger partial charge in [0.15, 0.2) is 5.11 Å². The van der Waals surface area contributed by atoms with Crippen LogP contribution in [0.15, 0.2) is 36.9 Å². The molecule has 1 aromatic carbocycles. The fraction of sp³-hybridized carbons (Fsp3) is 0.438. The molecule has 2 rings (SSSR count). The highest BCUT2D eigenvalue weighted by atomic mass is 32.1. The number of rotatable bonds is 4. The summed E-state index contributed by atoms with van der Waals surface area (Å²) in [6.07, 6.45) is 1.84. The van der Waals surface area contributed by atoms with Crippen molar-refractivity contribution in [2.24, 2.45) is 0 Å². The minimum atomic E-state index is 0.745. The minimum Gasteiger partial charge on any atom is -0.359 e. The summed E-state index contributed by atoms with van der Waals surface area (Å²) < 4.78 is 0. The van der Waals surface area contributed by atoms with E-state index in [2.05, 4.69) is 48.0 Å². The molecule has 0 saturated carbocycles. The third kappa shape index (κ3) is 4.32. The molecular formula is C16H24N3S+. The molecule has 1 aliphatic heterocycles. The SMILES string of the molecule is C=CCNC(=S)N1CC[NH+](Cc2cccc(C)c2)CC1. The van der Waals surface area contributed by atoms with Gasteiger partial charge in [-0.1, -0.05) is 35.9 Å². The summed E-state index contributed by atoms with van der Waals surface area (Å²) in [7, 11) is 0. The molecule has 1 saturated heterocycles. The lowest BCUT2D eigenvalue weighted by Gasteiger charge is -2.33. The summed E-state index contributed by atoms with van der Waals surface area (Å²) in [6.45, 7) is 12.1. The molecule has 4 heteroatoms. The van der Waals surface area contributed by atoms with Gasteiger partial charge in [-0.15, -0.1) is 6.58 Å². The van der Waals surface area contributed by atoms with E-state index in [1.54, 1.807) is 4.90 Å². The second kappa shape index (κ2) is 7.41. The first-order valence-corrected chi connectivity index (χ1v) is 7.62. The van der Waals surface area contributed by atoms with Gasteiger partial charge in [-0.3, -0.25) is 0 Å². The van der Waals surface area contributed by atoms with Crippen LogP contribution in [0.5, 0.6) is 0 Å². The van der Waals surface area contributed by atoms with Gasteiger partial charge in [0, 0.05) is 12.1 Å². The highest BCUT2D eigenvalue weighted by Crippen LogP contribution is 2.02. The van der Waals surface area contributed by atoms with Crippen LogP contribution in [0.3, 0.4) is 0 Å². The van der Waals surface area contributed by atoms with Gasteiger partial charge in [-0.25, -0.2) is 0 Å². The van der Waals surface area contributed by atoms with Crippen molar-refractivity contribution in [3.63, 3.8) is 0 Å². The zero-order valence-electron chi connectivity index (χ0n) is 12.2. The lowest BCUT2D eigenvalue weighted by molar-refractivity contribution is -0.917. The summed E-state index contributed by atoms with van der Waals surface area (Å²) in [5.74, 6) is 0. The first kappa shape index (κ1) is 15.0. The molecule has 108 valence electrons. The molecule has 0 spiro atoms. The molecule has 1 fully saturated rings. The predicted molar refractivity (Wildman–Crippen MR) is 88.0 cm³/mol. The fourth-order valence-electron chi connectivity index (χ4n) is 2.58. The van der Waals surface area contributed by atoms with Crippen LogP contribution in [0.2, 0.25) is 0 Å². The normalized spacial score (nSPS) is 15.9. The largest absolute Gasteiger partial charge is 0.359 e. The quantitative estimate of drug-likeness (QED) is 0.631. The maximum Gasteiger partial charge on any atom is 0.169 e. The average molecular weight is 290 g/mol. The van der Waals surface area contributed by atoms with Crippen LogP contribution >= 0.6 is 12.2 Å². The highest BCUT2D eigenvalue weighted by molar-refractivity contribution is 7.80. The number of hydrogen-bond acceptors (Lipinski definition) is 1. The molecule has 0 aromatic heterocycles. The first-order valence-electron chi connectivity index (χ1n) is 7.22. The van der Waals surface area contributed by atoms with Crippen molar-refractivity contribution in [1.29, 1.82) is 0 Å². The number of aryl methyl sites for hydroxylation is 1. The lowest BCUT2D eigenvalue weighted by Crippen LogP contribution is -3.13. The molecule has 0 bridgehead atoms. The Kier molecular flexibility index (Phi) is 5.56. The topological polar surface area (TPSA) is 19.7 Å². The Bertz CT molecular complexity index is 465. The van der Waals surface area contributed by atoms with Crippen LogP contribution in [0.4, 0.5) is 0 Å². The monoisotopic (exact) mass is 290 g/mol. The molecule has 1 aliphatic rings. The molecule has 0 unspecified atom stereocenters. The molecule has 20 heavy (non-hydrogen) atoms. The van der Waals surface area contributed by atoms with Gasteiger partial charge in [-0.2, -0.15) is 0 Å². The van der Waals surface area contributed by atoms with E-state index in [1.807, 2.05) is 6.08 Å². The molecule has 3 nitrogen and oxygen atoms in total. The van der Waals surface area contributed by atoms with Crippen LogP contribution in [-0.2, 0) is 6.54 Å². The molecule has 0 atom stereocenters. The van der Waals surface area contributed by atoms with Gasteiger partial charge >= 0.3 is 0 Å². The Morgan fingerprint density at radius 1 is 1.45 bits per heavy atom. The van der Waals surface area contributed by atoms with Crippen molar-refractivity contribution in [1.82, 2.24) is 10.2 Å². The third-order valence-corrected chi connectivity index (χ3v) is 4.09. The molecule has 0 amide bonds. The molecule has 1 aromatic rings. The number of hydrogen-bond donors (Lipinski definition) is 2. The Morgan fingerprint density at radius 2 is 2.20 bits per heavy atom. The summed E-state index contributed by atoms with van der Waals surface area (Å²) in [4.78, 5) is 3.90. The summed E-state index contributed by atoms with van der Waals surface area (Å²) >= 11 is 5.38. The van der Waals surface area contributed by atoms with Gasteiger partial charge in [0.1, 0.15) is 6.54 Å². The number of quaternary nitrogens is 1. The van der Waals surface area contributed by atoms with Crippen LogP contribution < -0.4 is 10.2 Å². The lowest BCUT2D eigenvalue weighted by atomic mass is 10.1. The summed E-state index contributed by atoms with van der Waals surface area (Å²) in [5.41, 5.74) is 2.77. The van der Waals surface area contributed by atoms with Crippen molar-refractivity contribution in [2.45, 2.75) is 13.5 Å². The van der Waals surface area contributed by atoms with Crippen molar-refractivity contribution in [2.75, 3.05) is 32.7 Å². The number of nitrogens with zero attached hydrogens (tertiary/aromatic N) is 1. The zero-order chi connectivity index (χ0) is 14.4. The molecule has 0 aliphatic carbocycles. The first-order chi connectivity index (χ1) is 9.69. The smallest absolute Gasteiger partial charge is 0.169 e. The van der Waals surface area contributed by atoms with Gasteiger partial charge in [0.25, 0.3) is 0 Å². The van der Waals surface area contributed by atoms with Crippen molar-refractivity contribution >= 4 is 17.3 Å². The summed E-state index contributed by atoms with van der Waals surface area (Å²) in [5, 5.41) is 4.06. The van der Waals surface area contributed by atoms with E-state index < -0.39 is 0 Å². The van der Waals surface area contributed by atoms with Crippen LogP contribution in [-0.4, -0.2) is 42.7 Å². The number of nitrogens with one attached hydrogen (secondary N) is 2. The van der Waals surface area contributed by atoms with Crippen LogP contribution in [0.25, 0.3) is 0 Å². The highest BCUT2D eigenvalue weighted by Gasteiger charge is 2.21. The molecule has 2 N–H and O–H groups in total. The maximum atomic E-state index is 5.38. The van der Waals surface area contributed by atoms with E-state index in [0.717, 1.165) is 44.4 Å². The predicted octanol–water partition coefficient (Wildman–Crippen LogP) is 0.756. The van der Waals surface area contributed by atoms with Crippen LogP contribution in [0.1, 0.15) is 11.1 Å². The zero-order valence-corrected chi connectivity index (χ0v) is 13.0. The van der Waals surface area contributed by atoms with E-state index in [1.165, 1.54) is 11.1 Å². The third-order valence-electron chi connectivity index (χ3n) is 3.69. The van der Waals surface area contributed by atoms with Gasteiger partial charge in [0.05, 0.1) is 26.2 Å². The number of piperazine rings is 1.